The zero-order chi connectivity index (χ0) is 24.0. The molecule has 7 heteroatoms. The fraction of sp³-hybridized carbons (Fsp3) is 0.231. The summed E-state index contributed by atoms with van der Waals surface area (Å²) in [6.45, 7) is 1.80. The average molecular weight is 450 g/mol. The molecule has 1 atom stereocenters. The summed E-state index contributed by atoms with van der Waals surface area (Å²) in [6.07, 6.45) is 2.93. The van der Waals surface area contributed by atoms with Gasteiger partial charge in [0.05, 0.1) is 34.4 Å². The third-order valence-electron chi connectivity index (χ3n) is 5.21. The molecule has 33 heavy (non-hydrogen) atoms. The molecule has 0 spiro atoms. The molecule has 0 amide bonds. The smallest absolute Gasteiger partial charge is 0.336 e. The highest BCUT2D eigenvalue weighted by atomic mass is 16.5. The Labute approximate surface area is 192 Å². The van der Waals surface area contributed by atoms with E-state index in [1.54, 1.807) is 37.3 Å². The van der Waals surface area contributed by atoms with E-state index in [0.717, 1.165) is 16.3 Å². The van der Waals surface area contributed by atoms with E-state index in [-0.39, 0.29) is 11.9 Å². The summed E-state index contributed by atoms with van der Waals surface area (Å²) in [6, 6.07) is 14.4. The summed E-state index contributed by atoms with van der Waals surface area (Å²) < 4.78 is 26.2. The maximum Gasteiger partial charge on any atom is 0.336 e. The Morgan fingerprint density at radius 3 is 2.06 bits per heavy atom. The van der Waals surface area contributed by atoms with Crippen molar-refractivity contribution in [2.24, 2.45) is 0 Å². The van der Waals surface area contributed by atoms with Crippen molar-refractivity contribution in [3.05, 3.63) is 65.7 Å². The zero-order valence-electron chi connectivity index (χ0n) is 19.2. The van der Waals surface area contributed by atoms with Crippen molar-refractivity contribution >= 4 is 28.8 Å². The van der Waals surface area contributed by atoms with Crippen LogP contribution in [0.3, 0.4) is 0 Å². The van der Waals surface area contributed by atoms with Gasteiger partial charge in [-0.1, -0.05) is 24.3 Å². The number of methoxy groups -OCH3 is 4. The quantitative estimate of drug-likeness (QED) is 0.278. The molecule has 7 nitrogen and oxygen atoms in total. The van der Waals surface area contributed by atoms with Crippen molar-refractivity contribution in [2.75, 3.05) is 28.4 Å². The summed E-state index contributed by atoms with van der Waals surface area (Å²) in [5, 5.41) is 1.81. The van der Waals surface area contributed by atoms with Crippen molar-refractivity contribution in [3.8, 4) is 23.0 Å². The lowest BCUT2D eigenvalue weighted by Crippen LogP contribution is -2.10. The Kier molecular flexibility index (Phi) is 7.56. The Morgan fingerprint density at radius 1 is 0.818 bits per heavy atom. The molecular formula is C26H26O7. The first-order chi connectivity index (χ1) is 15.9. The summed E-state index contributed by atoms with van der Waals surface area (Å²) >= 11 is 0. The topological polar surface area (TPSA) is 80.3 Å². The van der Waals surface area contributed by atoms with Gasteiger partial charge in [-0.3, -0.25) is 4.79 Å². The second-order valence-electron chi connectivity index (χ2n) is 7.23. The van der Waals surface area contributed by atoms with Crippen LogP contribution in [0.5, 0.6) is 23.0 Å². The highest BCUT2D eigenvalue weighted by Crippen LogP contribution is 2.38. The third-order valence-corrected chi connectivity index (χ3v) is 5.21. The first-order valence-electron chi connectivity index (χ1n) is 10.2. The minimum Gasteiger partial charge on any atom is -0.493 e. The molecule has 0 bridgehead atoms. The number of ether oxygens (including phenoxy) is 5. The van der Waals surface area contributed by atoms with Gasteiger partial charge >= 0.3 is 11.9 Å². The largest absolute Gasteiger partial charge is 0.493 e. The first kappa shape index (κ1) is 23.7. The van der Waals surface area contributed by atoms with E-state index < -0.39 is 5.97 Å². The number of fused-ring (bicyclic) bond motifs is 1. The highest BCUT2D eigenvalue weighted by Gasteiger charge is 2.16. The zero-order valence-corrected chi connectivity index (χ0v) is 19.2. The number of carbonyl (C=O) groups is 2. The second kappa shape index (κ2) is 10.5. The molecule has 0 aliphatic carbocycles. The van der Waals surface area contributed by atoms with Gasteiger partial charge in [-0.05, 0) is 59.2 Å². The predicted octanol–water partition coefficient (Wildman–Crippen LogP) is 4.76. The SMILES string of the molecule is COC(=O)[C@@H](C)c1ccc2cc(OC(=O)/C=C/c3cc(OC)c(OC)c(OC)c3)ccc2c1. The monoisotopic (exact) mass is 450 g/mol. The van der Waals surface area contributed by atoms with E-state index in [0.29, 0.717) is 28.6 Å². The minimum absolute atomic E-state index is 0.293. The molecule has 172 valence electrons. The summed E-state index contributed by atoms with van der Waals surface area (Å²) in [7, 11) is 5.95. The molecule has 0 aliphatic rings. The Morgan fingerprint density at radius 2 is 1.45 bits per heavy atom. The highest BCUT2D eigenvalue weighted by molar-refractivity contribution is 5.91. The first-order valence-corrected chi connectivity index (χ1v) is 10.2. The molecule has 0 saturated heterocycles. The van der Waals surface area contributed by atoms with Gasteiger partial charge in [0.1, 0.15) is 5.75 Å². The molecule has 0 saturated carbocycles. The minimum atomic E-state index is -0.529. The molecule has 3 rings (SSSR count). The number of benzene rings is 3. The van der Waals surface area contributed by atoms with E-state index >= 15 is 0 Å². The lowest BCUT2D eigenvalue weighted by Gasteiger charge is -2.12. The van der Waals surface area contributed by atoms with Crippen LogP contribution >= 0.6 is 0 Å². The van der Waals surface area contributed by atoms with Crippen LogP contribution in [-0.4, -0.2) is 40.4 Å². The molecule has 3 aromatic carbocycles. The van der Waals surface area contributed by atoms with Gasteiger partial charge in [0, 0.05) is 6.08 Å². The third kappa shape index (κ3) is 5.44. The average Bonchev–Trinajstić information content (AvgIpc) is 2.85. The Bertz CT molecular complexity index is 1170. The van der Waals surface area contributed by atoms with Crippen molar-refractivity contribution in [2.45, 2.75) is 12.8 Å². The van der Waals surface area contributed by atoms with Gasteiger partial charge in [-0.15, -0.1) is 0 Å². The summed E-state index contributed by atoms with van der Waals surface area (Å²) in [4.78, 5) is 24.1. The van der Waals surface area contributed by atoms with Gasteiger partial charge in [0.25, 0.3) is 0 Å². The van der Waals surface area contributed by atoms with E-state index in [2.05, 4.69) is 0 Å². The van der Waals surface area contributed by atoms with Crippen molar-refractivity contribution in [1.82, 2.24) is 0 Å². The fourth-order valence-electron chi connectivity index (χ4n) is 3.40. The van der Waals surface area contributed by atoms with Gasteiger partial charge in [0.15, 0.2) is 11.5 Å². The summed E-state index contributed by atoms with van der Waals surface area (Å²) in [5.41, 5.74) is 1.54. The number of hydrogen-bond acceptors (Lipinski definition) is 7. The van der Waals surface area contributed by atoms with Crippen molar-refractivity contribution in [3.63, 3.8) is 0 Å². The van der Waals surface area contributed by atoms with Crippen LogP contribution in [0.15, 0.2) is 54.6 Å². The molecule has 0 N–H and O–H groups in total. The number of rotatable bonds is 8. The normalized spacial score (nSPS) is 11.8. The van der Waals surface area contributed by atoms with Gasteiger partial charge in [0.2, 0.25) is 5.75 Å². The van der Waals surface area contributed by atoms with Crippen LogP contribution in [0.25, 0.3) is 16.8 Å². The van der Waals surface area contributed by atoms with E-state index in [1.807, 2.05) is 24.3 Å². The number of esters is 2. The van der Waals surface area contributed by atoms with E-state index in [1.165, 1.54) is 34.5 Å². The van der Waals surface area contributed by atoms with Crippen LogP contribution in [0.4, 0.5) is 0 Å². The number of carbonyl (C=O) groups excluding carboxylic acids is 2. The predicted molar refractivity (Wildman–Crippen MR) is 125 cm³/mol. The van der Waals surface area contributed by atoms with Crippen molar-refractivity contribution < 1.29 is 33.3 Å². The summed E-state index contributed by atoms with van der Waals surface area (Å²) in [5.74, 6) is 0.673. The van der Waals surface area contributed by atoms with Gasteiger partial charge < -0.3 is 23.7 Å². The molecular weight excluding hydrogens is 424 g/mol. The molecule has 0 aliphatic heterocycles. The standard InChI is InChI=1S/C26H26O7/c1-16(26(28)32-5)18-7-8-20-15-21(10-9-19(20)14-18)33-24(27)11-6-17-12-22(29-2)25(31-4)23(13-17)30-3/h6-16H,1-5H3/b11-6+/t16-/m0/s1. The lowest BCUT2D eigenvalue weighted by molar-refractivity contribution is -0.142. The van der Waals surface area contributed by atoms with Gasteiger partial charge in [-0.2, -0.15) is 0 Å². The van der Waals surface area contributed by atoms with Crippen LogP contribution in [0.2, 0.25) is 0 Å². The molecule has 0 radical (unpaired) electrons. The van der Waals surface area contributed by atoms with Crippen LogP contribution in [-0.2, 0) is 14.3 Å². The second-order valence-corrected chi connectivity index (χ2v) is 7.23. The van der Waals surface area contributed by atoms with Gasteiger partial charge in [-0.25, -0.2) is 4.79 Å². The number of hydrogen-bond donors (Lipinski definition) is 0. The molecule has 0 heterocycles. The fourth-order valence-corrected chi connectivity index (χ4v) is 3.40. The maximum absolute atomic E-state index is 12.4. The molecule has 0 unspecified atom stereocenters. The Balaban J connectivity index is 1.75. The van der Waals surface area contributed by atoms with E-state index in [9.17, 15) is 9.59 Å². The van der Waals surface area contributed by atoms with Crippen LogP contribution in [0, 0.1) is 0 Å². The lowest BCUT2D eigenvalue weighted by atomic mass is 9.98. The Hall–Kier alpha value is -4.00. The van der Waals surface area contributed by atoms with E-state index in [4.69, 9.17) is 23.7 Å². The van der Waals surface area contributed by atoms with Crippen LogP contribution < -0.4 is 18.9 Å². The van der Waals surface area contributed by atoms with Crippen molar-refractivity contribution in [1.29, 1.82) is 0 Å². The molecule has 0 aromatic heterocycles. The molecule has 0 fully saturated rings. The molecule has 3 aromatic rings. The van der Waals surface area contributed by atoms with Crippen LogP contribution in [0.1, 0.15) is 24.0 Å². The maximum atomic E-state index is 12.4.